The van der Waals surface area contributed by atoms with Gasteiger partial charge in [-0.1, -0.05) is 37.1 Å². The molecular formula is C23H31N3O3. The van der Waals surface area contributed by atoms with E-state index in [9.17, 15) is 15.0 Å². The average Bonchev–Trinajstić information content (AvgIpc) is 2.73. The van der Waals surface area contributed by atoms with Gasteiger partial charge < -0.3 is 20.8 Å². The first-order chi connectivity index (χ1) is 13.9. The van der Waals surface area contributed by atoms with Crippen molar-refractivity contribution in [1.29, 1.82) is 0 Å². The monoisotopic (exact) mass is 397 g/mol. The zero-order chi connectivity index (χ0) is 21.0. The molecule has 1 amide bonds. The number of primary amides is 1. The number of benzene rings is 2. The number of carbonyl (C=O) groups excluding carboxylic acids is 1. The van der Waals surface area contributed by atoms with Gasteiger partial charge in [-0.25, -0.2) is 0 Å². The number of phenols is 1. The number of rotatable bonds is 7. The molecule has 0 bridgehead atoms. The van der Waals surface area contributed by atoms with Gasteiger partial charge in [0, 0.05) is 31.4 Å². The molecule has 0 aliphatic heterocycles. The Labute approximate surface area is 172 Å². The zero-order valence-electron chi connectivity index (χ0n) is 17.2. The smallest absolute Gasteiger partial charge is 0.252 e. The SMILES string of the molecule is CN(CC(O)c1ccc(O)c(C(N)=O)c1)C1CCCCC1N(C)c1ccccc1. The lowest BCUT2D eigenvalue weighted by Crippen LogP contribution is -2.52. The summed E-state index contributed by atoms with van der Waals surface area (Å²) in [5.41, 5.74) is 7.12. The fourth-order valence-corrected chi connectivity index (χ4v) is 4.38. The highest BCUT2D eigenvalue weighted by molar-refractivity contribution is 5.95. The van der Waals surface area contributed by atoms with Crippen molar-refractivity contribution in [2.75, 3.05) is 25.5 Å². The van der Waals surface area contributed by atoms with E-state index in [1.165, 1.54) is 30.7 Å². The fraction of sp³-hybridized carbons (Fsp3) is 0.435. The third kappa shape index (κ3) is 4.89. The van der Waals surface area contributed by atoms with Crippen LogP contribution in [0.4, 0.5) is 5.69 Å². The van der Waals surface area contributed by atoms with Crippen molar-refractivity contribution in [3.63, 3.8) is 0 Å². The molecule has 1 saturated carbocycles. The molecule has 6 heteroatoms. The lowest BCUT2D eigenvalue weighted by Gasteiger charge is -2.44. The number of carbonyl (C=O) groups is 1. The molecule has 3 atom stereocenters. The van der Waals surface area contributed by atoms with E-state index in [-0.39, 0.29) is 11.3 Å². The van der Waals surface area contributed by atoms with Crippen molar-refractivity contribution in [3.05, 3.63) is 59.7 Å². The first-order valence-electron chi connectivity index (χ1n) is 10.2. The van der Waals surface area contributed by atoms with Crippen LogP contribution in [-0.4, -0.2) is 53.7 Å². The van der Waals surface area contributed by atoms with Gasteiger partial charge in [0.2, 0.25) is 0 Å². The molecule has 2 aromatic carbocycles. The molecule has 1 aliphatic rings. The summed E-state index contributed by atoms with van der Waals surface area (Å²) in [7, 11) is 4.18. The molecule has 29 heavy (non-hydrogen) atoms. The van der Waals surface area contributed by atoms with Gasteiger partial charge >= 0.3 is 0 Å². The van der Waals surface area contributed by atoms with Crippen LogP contribution < -0.4 is 10.6 Å². The largest absolute Gasteiger partial charge is 0.507 e. The normalized spacial score (nSPS) is 20.4. The van der Waals surface area contributed by atoms with Crippen LogP contribution in [0.1, 0.15) is 47.7 Å². The Morgan fingerprint density at radius 3 is 2.41 bits per heavy atom. The molecule has 3 unspecified atom stereocenters. The Bertz CT molecular complexity index is 827. The summed E-state index contributed by atoms with van der Waals surface area (Å²) >= 11 is 0. The minimum Gasteiger partial charge on any atom is -0.507 e. The van der Waals surface area contributed by atoms with E-state index >= 15 is 0 Å². The molecule has 0 heterocycles. The maximum atomic E-state index is 11.5. The van der Waals surface area contributed by atoms with Crippen LogP contribution in [0.2, 0.25) is 0 Å². The summed E-state index contributed by atoms with van der Waals surface area (Å²) < 4.78 is 0. The molecule has 0 saturated heterocycles. The molecule has 6 nitrogen and oxygen atoms in total. The van der Waals surface area contributed by atoms with Crippen LogP contribution in [0.5, 0.6) is 5.75 Å². The average molecular weight is 398 g/mol. The Kier molecular flexibility index (Phi) is 6.77. The first kappa shape index (κ1) is 21.1. The van der Waals surface area contributed by atoms with Gasteiger partial charge in [-0.15, -0.1) is 0 Å². The fourth-order valence-electron chi connectivity index (χ4n) is 4.38. The van der Waals surface area contributed by atoms with E-state index < -0.39 is 12.0 Å². The maximum Gasteiger partial charge on any atom is 0.252 e. The van der Waals surface area contributed by atoms with Crippen molar-refractivity contribution in [2.45, 2.75) is 43.9 Å². The quantitative estimate of drug-likeness (QED) is 0.668. The van der Waals surface area contributed by atoms with Crippen molar-refractivity contribution in [1.82, 2.24) is 4.90 Å². The number of likely N-dealkylation sites (N-methyl/N-ethyl adjacent to an activating group) is 2. The third-order valence-electron chi connectivity index (χ3n) is 6.05. The summed E-state index contributed by atoms with van der Waals surface area (Å²) in [4.78, 5) is 16.0. The number of hydrogen-bond donors (Lipinski definition) is 3. The second-order valence-electron chi connectivity index (χ2n) is 7.96. The van der Waals surface area contributed by atoms with E-state index in [1.807, 2.05) is 13.1 Å². The first-order valence-corrected chi connectivity index (χ1v) is 10.2. The summed E-state index contributed by atoms with van der Waals surface area (Å²) in [5.74, 6) is -0.875. The Hall–Kier alpha value is -2.57. The third-order valence-corrected chi connectivity index (χ3v) is 6.05. The van der Waals surface area contributed by atoms with Gasteiger partial charge in [-0.3, -0.25) is 9.69 Å². The standard InChI is InChI=1S/C23H31N3O3/c1-25(15-22(28)16-12-13-21(27)18(14-16)23(24)29)19-10-6-7-11-20(19)26(2)17-8-4-3-5-9-17/h3-5,8-9,12-14,19-20,22,27-28H,6-7,10-11,15H2,1-2H3,(H2,24,29). The second-order valence-corrected chi connectivity index (χ2v) is 7.96. The Balaban J connectivity index is 1.73. The van der Waals surface area contributed by atoms with Crippen molar-refractivity contribution in [2.24, 2.45) is 5.73 Å². The van der Waals surface area contributed by atoms with Crippen molar-refractivity contribution >= 4 is 11.6 Å². The molecule has 1 fully saturated rings. The summed E-state index contributed by atoms with van der Waals surface area (Å²) in [6.45, 7) is 0.437. The highest BCUT2D eigenvalue weighted by atomic mass is 16.3. The molecule has 1 aliphatic carbocycles. The van der Waals surface area contributed by atoms with E-state index in [1.54, 1.807) is 6.07 Å². The summed E-state index contributed by atoms with van der Waals surface area (Å²) in [6, 6.07) is 15.6. The van der Waals surface area contributed by atoms with Crippen molar-refractivity contribution in [3.8, 4) is 5.75 Å². The van der Waals surface area contributed by atoms with Gasteiger partial charge in [0.25, 0.3) is 5.91 Å². The minimum atomic E-state index is -0.775. The number of para-hydroxylation sites is 1. The van der Waals surface area contributed by atoms with Gasteiger partial charge in [-0.2, -0.15) is 0 Å². The van der Waals surface area contributed by atoms with E-state index in [0.29, 0.717) is 24.2 Å². The molecule has 0 radical (unpaired) electrons. The van der Waals surface area contributed by atoms with Gasteiger partial charge in [0.15, 0.2) is 0 Å². The predicted octanol–water partition coefficient (Wildman–Crippen LogP) is 2.90. The van der Waals surface area contributed by atoms with Gasteiger partial charge in [0.1, 0.15) is 5.75 Å². The zero-order valence-corrected chi connectivity index (χ0v) is 17.2. The van der Waals surface area contributed by atoms with E-state index in [4.69, 9.17) is 5.73 Å². The summed E-state index contributed by atoms with van der Waals surface area (Å²) in [5, 5.41) is 20.6. The number of anilines is 1. The maximum absolute atomic E-state index is 11.5. The Morgan fingerprint density at radius 1 is 1.10 bits per heavy atom. The molecule has 0 aromatic heterocycles. The minimum absolute atomic E-state index is 0.0311. The number of nitrogens with zero attached hydrogens (tertiary/aromatic N) is 2. The molecule has 3 rings (SSSR count). The number of aliphatic hydroxyl groups excluding tert-OH is 1. The second kappa shape index (κ2) is 9.29. The van der Waals surface area contributed by atoms with Crippen LogP contribution >= 0.6 is 0 Å². The number of aliphatic hydroxyl groups is 1. The van der Waals surface area contributed by atoms with Gasteiger partial charge in [-0.05, 0) is 49.7 Å². The number of aromatic hydroxyl groups is 1. The molecule has 0 spiro atoms. The number of amides is 1. The van der Waals surface area contributed by atoms with Crippen LogP contribution in [0.15, 0.2) is 48.5 Å². The predicted molar refractivity (Wildman–Crippen MR) is 115 cm³/mol. The highest BCUT2D eigenvalue weighted by Crippen LogP contribution is 2.30. The Morgan fingerprint density at radius 2 is 1.76 bits per heavy atom. The summed E-state index contributed by atoms with van der Waals surface area (Å²) in [6.07, 6.45) is 3.79. The number of nitrogens with two attached hydrogens (primary N) is 1. The van der Waals surface area contributed by atoms with Crippen LogP contribution in [0.3, 0.4) is 0 Å². The van der Waals surface area contributed by atoms with Crippen LogP contribution in [-0.2, 0) is 0 Å². The van der Waals surface area contributed by atoms with E-state index in [0.717, 1.165) is 12.8 Å². The van der Waals surface area contributed by atoms with Crippen LogP contribution in [0, 0.1) is 0 Å². The lowest BCUT2D eigenvalue weighted by molar-refractivity contribution is 0.0827. The molecule has 2 aromatic rings. The van der Waals surface area contributed by atoms with Gasteiger partial charge in [0.05, 0.1) is 11.7 Å². The highest BCUT2D eigenvalue weighted by Gasteiger charge is 2.32. The van der Waals surface area contributed by atoms with E-state index in [2.05, 4.69) is 41.1 Å². The lowest BCUT2D eigenvalue weighted by atomic mass is 9.87. The molecular weight excluding hydrogens is 366 g/mol. The van der Waals surface area contributed by atoms with Crippen molar-refractivity contribution < 1.29 is 15.0 Å². The topological polar surface area (TPSA) is 90.0 Å². The molecule has 4 N–H and O–H groups in total. The number of hydrogen-bond acceptors (Lipinski definition) is 5. The molecule has 156 valence electrons. The van der Waals surface area contributed by atoms with Crippen LogP contribution in [0.25, 0.3) is 0 Å².